The lowest BCUT2D eigenvalue weighted by Gasteiger charge is -2.43. The zero-order chi connectivity index (χ0) is 30.6. The fraction of sp³-hybridized carbons (Fsp3) is 0.394. The summed E-state index contributed by atoms with van der Waals surface area (Å²) in [6.07, 6.45) is 4.54. The van der Waals surface area contributed by atoms with Crippen molar-refractivity contribution in [3.8, 4) is 17.2 Å². The molecule has 0 aliphatic carbocycles. The Morgan fingerprint density at radius 1 is 1.28 bits per heavy atom. The number of amides is 1. The van der Waals surface area contributed by atoms with E-state index in [-0.39, 0.29) is 29.9 Å². The number of likely N-dealkylation sites (N-methyl/N-ethyl adjacent to an activating group) is 1. The molecule has 2 aliphatic heterocycles. The molecule has 4 heterocycles. The molecule has 0 spiro atoms. The third-order valence-corrected chi connectivity index (χ3v) is 9.60. The molecule has 43 heavy (non-hydrogen) atoms. The fourth-order valence-electron chi connectivity index (χ4n) is 6.56. The van der Waals surface area contributed by atoms with Gasteiger partial charge in [0.2, 0.25) is 5.91 Å². The molecule has 0 radical (unpaired) electrons. The summed E-state index contributed by atoms with van der Waals surface area (Å²) in [5.41, 5.74) is 4.84. The van der Waals surface area contributed by atoms with Crippen molar-refractivity contribution < 1.29 is 9.18 Å². The van der Waals surface area contributed by atoms with Gasteiger partial charge in [-0.1, -0.05) is 36.4 Å². The number of piperidine rings is 1. The van der Waals surface area contributed by atoms with E-state index in [9.17, 15) is 10.1 Å². The Bertz CT molecular complexity index is 1800. The van der Waals surface area contributed by atoms with Gasteiger partial charge in [0.1, 0.15) is 11.0 Å². The number of pyridine rings is 1. The highest BCUT2D eigenvalue weighted by Crippen LogP contribution is 2.43. The van der Waals surface area contributed by atoms with Gasteiger partial charge in [-0.2, -0.15) is 5.26 Å². The number of rotatable bonds is 6. The number of carbonyl (C=O) groups excluding carboxylic acids is 1. The summed E-state index contributed by atoms with van der Waals surface area (Å²) in [4.78, 5) is 28.4. The first-order valence-corrected chi connectivity index (χ1v) is 15.0. The zero-order valence-electron chi connectivity index (χ0n) is 24.9. The van der Waals surface area contributed by atoms with Gasteiger partial charge < -0.3 is 19.3 Å². The number of carbonyl (C=O) groups is 1. The molecule has 222 valence electrons. The predicted octanol–water partition coefficient (Wildman–Crippen LogP) is 6.04. The van der Waals surface area contributed by atoms with Gasteiger partial charge >= 0.3 is 0 Å². The lowest BCUT2D eigenvalue weighted by Crippen LogP contribution is -2.57. The van der Waals surface area contributed by atoms with E-state index in [2.05, 4.69) is 41.1 Å². The molecule has 0 unspecified atom stereocenters. The molecule has 2 fully saturated rings. The van der Waals surface area contributed by atoms with Gasteiger partial charge in [0, 0.05) is 48.7 Å². The number of imidazole rings is 1. The van der Waals surface area contributed by atoms with Gasteiger partial charge in [-0.25, -0.2) is 14.4 Å². The molecule has 2 atom stereocenters. The van der Waals surface area contributed by atoms with Crippen molar-refractivity contribution in [1.29, 1.82) is 5.26 Å². The normalized spacial score (nSPS) is 19.2. The molecule has 2 aromatic heterocycles. The van der Waals surface area contributed by atoms with Crippen molar-refractivity contribution >= 4 is 45.3 Å². The third-order valence-electron chi connectivity index (χ3n) is 9.30. The average Bonchev–Trinajstić information content (AvgIpc) is 3.40. The van der Waals surface area contributed by atoms with E-state index in [1.807, 2.05) is 38.1 Å². The lowest BCUT2D eigenvalue weighted by molar-refractivity contribution is -0.130. The number of anilines is 1. The molecule has 2 aliphatic rings. The first-order valence-electron chi connectivity index (χ1n) is 14.6. The highest BCUT2D eigenvalue weighted by molar-refractivity contribution is 6.35. The van der Waals surface area contributed by atoms with E-state index in [0.717, 1.165) is 35.3 Å². The van der Waals surface area contributed by atoms with E-state index in [4.69, 9.17) is 21.6 Å². The fourth-order valence-corrected chi connectivity index (χ4v) is 6.85. The highest BCUT2D eigenvalue weighted by atomic mass is 35.5. The molecular weight excluding hydrogens is 565 g/mol. The van der Waals surface area contributed by atoms with Crippen LogP contribution in [0.25, 0.3) is 33.1 Å². The van der Waals surface area contributed by atoms with Crippen molar-refractivity contribution in [2.45, 2.75) is 51.2 Å². The summed E-state index contributed by atoms with van der Waals surface area (Å²) < 4.78 is 18.8. The Morgan fingerprint density at radius 3 is 2.74 bits per heavy atom. The van der Waals surface area contributed by atoms with Crippen LogP contribution in [0.3, 0.4) is 0 Å². The van der Waals surface area contributed by atoms with Crippen LogP contribution in [0.1, 0.15) is 36.4 Å². The minimum absolute atomic E-state index is 0.0536. The number of aryl methyl sites for hydroxylation is 1. The number of fused-ring (bicyclic) bond motifs is 3. The van der Waals surface area contributed by atoms with Gasteiger partial charge in [-0.15, -0.1) is 0 Å². The second-order valence-electron chi connectivity index (χ2n) is 11.9. The molecule has 0 saturated carbocycles. The van der Waals surface area contributed by atoms with Crippen LogP contribution in [0, 0.1) is 31.0 Å². The van der Waals surface area contributed by atoms with Crippen molar-refractivity contribution in [3.63, 3.8) is 0 Å². The smallest absolute Gasteiger partial charge is 0.246 e. The summed E-state index contributed by atoms with van der Waals surface area (Å²) in [7, 11) is 4.11. The van der Waals surface area contributed by atoms with E-state index in [1.165, 1.54) is 6.08 Å². The molecule has 6 rings (SSSR count). The molecule has 1 amide bonds. The summed E-state index contributed by atoms with van der Waals surface area (Å²) in [6.45, 7) is 9.62. The summed E-state index contributed by atoms with van der Waals surface area (Å²) in [6, 6.07) is 9.92. The lowest BCUT2D eigenvalue weighted by atomic mass is 9.94. The number of halogens is 2. The molecule has 0 N–H and O–H groups in total. The van der Waals surface area contributed by atoms with Crippen LogP contribution >= 0.6 is 11.6 Å². The van der Waals surface area contributed by atoms with Crippen LogP contribution in [0.5, 0.6) is 0 Å². The Morgan fingerprint density at radius 2 is 2.05 bits per heavy atom. The van der Waals surface area contributed by atoms with Gasteiger partial charge in [0.15, 0.2) is 11.6 Å². The monoisotopic (exact) mass is 599 g/mol. The second kappa shape index (κ2) is 11.3. The van der Waals surface area contributed by atoms with Crippen LogP contribution in [0.15, 0.2) is 43.2 Å². The van der Waals surface area contributed by atoms with Gasteiger partial charge in [0.25, 0.3) is 0 Å². The standard InChI is InChI=1S/C33H35ClFN7O/c1-6-27(43)41-13-11-22(14-21(41)10-12-36)42-18-37-31-32(42)25-15-26(34)28(24-9-7-8-19(2)20(24)3)29(35)30(25)38-33(31)40-16-23(17-40)39(4)5/h6-9,15,18,21-23H,1,10-11,13-14,16-17H2,2-5H3/t21-,22+/m1/s1. The maximum Gasteiger partial charge on any atom is 0.246 e. The van der Waals surface area contributed by atoms with Gasteiger partial charge in [-0.3, -0.25) is 4.79 Å². The van der Waals surface area contributed by atoms with Crippen LogP contribution in [0.2, 0.25) is 5.02 Å². The van der Waals surface area contributed by atoms with Crippen LogP contribution < -0.4 is 4.90 Å². The van der Waals surface area contributed by atoms with Crippen LogP contribution in [-0.4, -0.2) is 76.1 Å². The number of aromatic nitrogens is 3. The SMILES string of the molecule is C=CC(=O)N1CC[C@H](n2cnc3c(N4CC(N(C)C)C4)nc4c(F)c(-c5cccc(C)c5C)c(Cl)cc4c32)C[C@H]1CC#N. The first-order chi connectivity index (χ1) is 20.6. The quantitative estimate of drug-likeness (QED) is 0.251. The van der Waals surface area contributed by atoms with Gasteiger partial charge in [-0.05, 0) is 69.6 Å². The largest absolute Gasteiger partial charge is 0.351 e. The maximum atomic E-state index is 16.8. The van der Waals surface area contributed by atoms with E-state index in [0.29, 0.717) is 52.7 Å². The summed E-state index contributed by atoms with van der Waals surface area (Å²) >= 11 is 6.90. The predicted molar refractivity (Wildman–Crippen MR) is 169 cm³/mol. The molecular formula is C33H35ClFN7O. The Labute approximate surface area is 256 Å². The van der Waals surface area contributed by atoms with Crippen molar-refractivity contribution in [1.82, 2.24) is 24.3 Å². The summed E-state index contributed by atoms with van der Waals surface area (Å²) in [5.74, 6) is 0.0260. The highest BCUT2D eigenvalue weighted by Gasteiger charge is 2.35. The second-order valence-corrected chi connectivity index (χ2v) is 12.3. The van der Waals surface area contributed by atoms with Crippen LogP contribution in [0.4, 0.5) is 10.2 Å². The number of benzene rings is 2. The van der Waals surface area contributed by atoms with E-state index < -0.39 is 5.82 Å². The average molecular weight is 600 g/mol. The number of nitriles is 1. The summed E-state index contributed by atoms with van der Waals surface area (Å²) in [5, 5.41) is 10.4. The Kier molecular flexibility index (Phi) is 7.61. The molecule has 10 heteroatoms. The first kappa shape index (κ1) is 29.1. The minimum atomic E-state index is -0.453. The number of likely N-dealkylation sites (tertiary alicyclic amines) is 1. The van der Waals surface area contributed by atoms with Crippen molar-refractivity contribution in [2.24, 2.45) is 0 Å². The molecule has 2 saturated heterocycles. The topological polar surface area (TPSA) is 81.3 Å². The molecule has 0 bridgehead atoms. The van der Waals surface area contributed by atoms with E-state index >= 15 is 4.39 Å². The van der Waals surface area contributed by atoms with Gasteiger partial charge in [0.05, 0.1) is 29.4 Å². The van der Waals surface area contributed by atoms with E-state index in [1.54, 1.807) is 11.2 Å². The van der Waals surface area contributed by atoms with Crippen molar-refractivity contribution in [3.05, 3.63) is 65.2 Å². The molecule has 2 aromatic carbocycles. The number of nitrogens with zero attached hydrogens (tertiary/aromatic N) is 7. The number of hydrogen-bond acceptors (Lipinski definition) is 6. The Balaban J connectivity index is 1.55. The van der Waals surface area contributed by atoms with Crippen molar-refractivity contribution in [2.75, 3.05) is 38.6 Å². The molecule has 8 nitrogen and oxygen atoms in total. The zero-order valence-corrected chi connectivity index (χ0v) is 25.7. The minimum Gasteiger partial charge on any atom is -0.351 e. The third kappa shape index (κ3) is 4.83. The maximum absolute atomic E-state index is 16.8. The van der Waals surface area contributed by atoms with Crippen LogP contribution in [-0.2, 0) is 4.79 Å². The Hall–Kier alpha value is -4.00. The number of hydrogen-bond donors (Lipinski definition) is 0. The molecule has 4 aromatic rings.